The lowest BCUT2D eigenvalue weighted by Crippen LogP contribution is -1.93. The number of furan rings is 2. The summed E-state index contributed by atoms with van der Waals surface area (Å²) in [4.78, 5) is 0. The Balaban J connectivity index is 0.000000160. The molecule has 2 heterocycles. The van der Waals surface area contributed by atoms with Crippen LogP contribution in [0, 0.1) is 0 Å². The van der Waals surface area contributed by atoms with E-state index in [1.807, 2.05) is 231 Å². The highest BCUT2D eigenvalue weighted by atomic mass is 16.3. The first kappa shape index (κ1) is 38.3. The SMILES string of the molecule is [2H]c1c([2H])c([2H])c2c(-c3cc(-c4ccccc4)cc4oc5ccccc5c34)c3c([2H])c([2H])c([2H])c([2H])c3c(-c3cc(-c4ccccc4)cc(-c4ccccc4)c3)c2c1[2H].[2H]c1c([2H])c([2H])c2c(-c3cccc4oc5ccccc5c34)c3c([2H])c([2H])c([2H])c([2H])c3c(-c3ccc(-c4ccccc4)cc3)c2c1[2H]. The third-order valence-electron chi connectivity index (χ3n) is 17.0. The Labute approximate surface area is 543 Å². The second kappa shape index (κ2) is 22.1. The van der Waals surface area contributed by atoms with E-state index in [1.165, 1.54) is 0 Å². The predicted octanol–water partition coefficient (Wildman–Crippen LogP) is 25.1. The average Bonchev–Trinajstić information content (AvgIpc) is 1.12. The molecule has 18 aromatic rings. The van der Waals surface area contributed by atoms with Crippen LogP contribution < -0.4 is 0 Å². The maximum absolute atomic E-state index is 9.67. The van der Waals surface area contributed by atoms with Crippen LogP contribution in [0.15, 0.2) is 348 Å². The van der Waals surface area contributed by atoms with Gasteiger partial charge in [-0.15, -0.1) is 0 Å². The Hall–Kier alpha value is -11.8. The van der Waals surface area contributed by atoms with E-state index in [0.29, 0.717) is 72.0 Å². The molecule has 0 bridgehead atoms. The largest absolute Gasteiger partial charge is 0.456 e. The van der Waals surface area contributed by atoms with E-state index in [1.54, 1.807) is 6.07 Å². The summed E-state index contributed by atoms with van der Waals surface area (Å²) in [6.45, 7) is 0. The zero-order valence-corrected chi connectivity index (χ0v) is 47.9. The van der Waals surface area contributed by atoms with Gasteiger partial charge < -0.3 is 8.83 Å². The third-order valence-corrected chi connectivity index (χ3v) is 17.0. The molecule has 0 N–H and O–H groups in total. The predicted molar refractivity (Wildman–Crippen MR) is 381 cm³/mol. The van der Waals surface area contributed by atoms with Crippen LogP contribution >= 0.6 is 0 Å². The van der Waals surface area contributed by atoms with Gasteiger partial charge in [-0.25, -0.2) is 0 Å². The highest BCUT2D eigenvalue weighted by molar-refractivity contribution is 6.28. The minimum Gasteiger partial charge on any atom is -0.456 e. The zero-order valence-electron chi connectivity index (χ0n) is 63.9. The molecule has 2 heteroatoms. The molecule has 90 heavy (non-hydrogen) atoms. The standard InChI is InChI=1S/C50H32O.C38H24O/c1-4-16-33(17-5-1)36-28-37(34-18-6-2-7-19-34)30-39(29-36)48-40-22-10-12-24-42(40)49(43-25-13-11-23-41(43)48)45-31-38(35-20-8-3-9-21-35)32-47-50(45)44-26-14-15-27-46(44)51-47;1-2-11-25(12-3-1)26-21-23-27(24-22-26)36-28-13-4-6-15-30(28)37(31-16-7-5-14-29(31)36)33-18-10-20-35-38(33)32-17-8-9-19-34(32)39-35/h1-32H;1-24H/i10D,11D,12D,13D,22D,23D,24D,25D;4D,5D,6D,7D,13D,14D,15D,16D. The molecular formula is C88H56O2. The van der Waals surface area contributed by atoms with Crippen LogP contribution in [0.2, 0.25) is 0 Å². The molecule has 0 unspecified atom stereocenters. The third kappa shape index (κ3) is 9.04. The summed E-state index contributed by atoms with van der Waals surface area (Å²) < 4.78 is 159. The minimum absolute atomic E-state index is 0.145. The van der Waals surface area contributed by atoms with Gasteiger partial charge in [0.25, 0.3) is 0 Å². The second-order valence-corrected chi connectivity index (χ2v) is 22.1. The molecule has 18 rings (SSSR count). The molecule has 0 atom stereocenters. The van der Waals surface area contributed by atoms with Crippen molar-refractivity contribution in [2.75, 3.05) is 0 Å². The van der Waals surface area contributed by atoms with E-state index in [4.69, 9.17) is 19.8 Å². The molecule has 0 spiro atoms. The molecule has 0 aliphatic heterocycles. The van der Waals surface area contributed by atoms with E-state index in [9.17, 15) is 11.0 Å². The number of rotatable bonds is 8. The van der Waals surface area contributed by atoms with E-state index in [0.717, 1.165) is 55.3 Å². The zero-order chi connectivity index (χ0) is 73.4. The van der Waals surface area contributed by atoms with Crippen molar-refractivity contribution >= 4 is 87.0 Å². The smallest absolute Gasteiger partial charge is 0.136 e. The first-order valence-electron chi connectivity index (χ1n) is 37.6. The van der Waals surface area contributed by atoms with Gasteiger partial charge in [-0.1, -0.05) is 291 Å². The molecule has 0 saturated heterocycles. The summed E-state index contributed by atoms with van der Waals surface area (Å²) in [5.41, 5.74) is 12.7. The van der Waals surface area contributed by atoms with Crippen LogP contribution in [0.5, 0.6) is 0 Å². The summed E-state index contributed by atoms with van der Waals surface area (Å²) in [5, 5.41) is 4.19. The molecule has 0 saturated carbocycles. The molecule has 0 aliphatic carbocycles. The molecule has 0 fully saturated rings. The van der Waals surface area contributed by atoms with Crippen LogP contribution in [0.25, 0.3) is 176 Å². The van der Waals surface area contributed by atoms with E-state index in [-0.39, 0.29) is 97.0 Å². The van der Waals surface area contributed by atoms with Gasteiger partial charge in [0.2, 0.25) is 0 Å². The molecule has 0 amide bonds. The Morgan fingerprint density at radius 3 is 0.956 bits per heavy atom. The maximum Gasteiger partial charge on any atom is 0.136 e. The van der Waals surface area contributed by atoms with Crippen molar-refractivity contribution in [2.45, 2.75) is 0 Å². The van der Waals surface area contributed by atoms with Crippen molar-refractivity contribution in [2.24, 2.45) is 0 Å². The van der Waals surface area contributed by atoms with Gasteiger partial charge >= 0.3 is 0 Å². The van der Waals surface area contributed by atoms with Gasteiger partial charge in [0, 0.05) is 21.5 Å². The van der Waals surface area contributed by atoms with Crippen molar-refractivity contribution in [3.63, 3.8) is 0 Å². The number of hydrogen-bond acceptors (Lipinski definition) is 2. The summed E-state index contributed by atoms with van der Waals surface area (Å²) in [5.74, 6) is 0. The van der Waals surface area contributed by atoms with Crippen molar-refractivity contribution in [1.29, 1.82) is 0 Å². The fourth-order valence-corrected chi connectivity index (χ4v) is 13.0. The second-order valence-electron chi connectivity index (χ2n) is 22.1. The fraction of sp³-hybridized carbons (Fsp3) is 0. The van der Waals surface area contributed by atoms with Gasteiger partial charge in [-0.3, -0.25) is 0 Å². The lowest BCUT2D eigenvalue weighted by Gasteiger charge is -2.20. The minimum atomic E-state index is -0.453. The highest BCUT2D eigenvalue weighted by Gasteiger charge is 2.24. The van der Waals surface area contributed by atoms with Crippen molar-refractivity contribution in [3.8, 4) is 89.0 Å². The van der Waals surface area contributed by atoms with Crippen LogP contribution in [-0.4, -0.2) is 0 Å². The topological polar surface area (TPSA) is 26.3 Å². The average molecular weight is 1160 g/mol. The molecule has 2 nitrogen and oxygen atoms in total. The maximum atomic E-state index is 9.67. The van der Waals surface area contributed by atoms with E-state index < -0.39 is 48.3 Å². The van der Waals surface area contributed by atoms with Crippen molar-refractivity contribution < 1.29 is 30.8 Å². The molecular weight excluding hydrogens is 1090 g/mol. The Kier molecular flexibility index (Phi) is 9.44. The summed E-state index contributed by atoms with van der Waals surface area (Å²) in [6.07, 6.45) is 0. The van der Waals surface area contributed by atoms with Crippen LogP contribution in [0.4, 0.5) is 0 Å². The summed E-state index contributed by atoms with van der Waals surface area (Å²) >= 11 is 0. The Bertz CT molecular complexity index is 6520. The monoisotopic (exact) mass is 1160 g/mol. The van der Waals surface area contributed by atoms with E-state index in [2.05, 4.69) is 6.07 Å². The number of hydrogen-bond donors (Lipinski definition) is 0. The summed E-state index contributed by atoms with van der Waals surface area (Å²) in [6, 6.07) is 71.0. The number of fused-ring (bicyclic) bond motifs is 10. The molecule has 0 radical (unpaired) electrons. The lowest BCUT2D eigenvalue weighted by atomic mass is 9.83. The highest BCUT2D eigenvalue weighted by Crippen LogP contribution is 2.51. The number of benzene rings is 16. The molecule has 0 aliphatic rings. The van der Waals surface area contributed by atoms with Gasteiger partial charge in [0.1, 0.15) is 22.3 Å². The fourth-order valence-electron chi connectivity index (χ4n) is 13.0. The lowest BCUT2D eigenvalue weighted by molar-refractivity contribution is 0.668. The first-order valence-corrected chi connectivity index (χ1v) is 29.6. The van der Waals surface area contributed by atoms with Gasteiger partial charge in [0.05, 0.1) is 21.9 Å². The van der Waals surface area contributed by atoms with Gasteiger partial charge in [-0.2, -0.15) is 0 Å². The van der Waals surface area contributed by atoms with Gasteiger partial charge in [0.15, 0.2) is 0 Å². The first-order chi connectivity index (χ1) is 51.3. The van der Waals surface area contributed by atoms with Gasteiger partial charge in [-0.05, 0) is 181 Å². The van der Waals surface area contributed by atoms with Crippen molar-refractivity contribution in [3.05, 3.63) is 339 Å². The summed E-state index contributed by atoms with van der Waals surface area (Å²) in [7, 11) is 0. The normalized spacial score (nSPS) is 14.0. The Morgan fingerprint density at radius 1 is 0.189 bits per heavy atom. The Morgan fingerprint density at radius 2 is 0.500 bits per heavy atom. The van der Waals surface area contributed by atoms with E-state index >= 15 is 0 Å². The molecule has 420 valence electrons. The van der Waals surface area contributed by atoms with Crippen LogP contribution in [0.1, 0.15) is 21.9 Å². The van der Waals surface area contributed by atoms with Crippen LogP contribution in [0.3, 0.4) is 0 Å². The quantitative estimate of drug-likeness (QED) is 0.142. The molecule has 16 aromatic carbocycles. The number of para-hydroxylation sites is 2. The van der Waals surface area contributed by atoms with Crippen LogP contribution in [-0.2, 0) is 0 Å². The van der Waals surface area contributed by atoms with Crippen molar-refractivity contribution in [1.82, 2.24) is 0 Å². The molecule has 2 aromatic heterocycles.